The van der Waals surface area contributed by atoms with Gasteiger partial charge >= 0.3 is 39.5 Å². The fourth-order valence-electron chi connectivity index (χ4n) is 9.37. The zero-order valence-electron chi connectivity index (χ0n) is 61.8. The second-order valence-corrected chi connectivity index (χ2v) is 27.4. The number of allylic oxidation sites excluding steroid dienone is 24. The number of phosphoric acid groups is 2. The molecule has 0 aliphatic heterocycles. The Bertz CT molecular complexity index is 2520. The van der Waals surface area contributed by atoms with E-state index < -0.39 is 97.5 Å². The van der Waals surface area contributed by atoms with Gasteiger partial charge in [-0.25, -0.2) is 9.13 Å². The van der Waals surface area contributed by atoms with E-state index in [1.54, 1.807) is 18.2 Å². The van der Waals surface area contributed by atoms with E-state index >= 15 is 0 Å². The summed E-state index contributed by atoms with van der Waals surface area (Å²) in [6.07, 6.45) is 83.1. The van der Waals surface area contributed by atoms with Crippen LogP contribution in [0.15, 0.2) is 158 Å². The van der Waals surface area contributed by atoms with Crippen LogP contribution in [0.5, 0.6) is 0 Å². The summed E-state index contributed by atoms with van der Waals surface area (Å²) in [6, 6.07) is 0. The first-order valence-corrected chi connectivity index (χ1v) is 40.7. The quantitative estimate of drug-likeness (QED) is 0.0169. The predicted molar refractivity (Wildman–Crippen MR) is 408 cm³/mol. The van der Waals surface area contributed by atoms with Gasteiger partial charge in [0, 0.05) is 12.8 Å². The largest absolute Gasteiger partial charge is 0.472 e. The van der Waals surface area contributed by atoms with Gasteiger partial charge < -0.3 is 33.8 Å². The van der Waals surface area contributed by atoms with Crippen LogP contribution in [0, 0.1) is 0 Å². The first-order valence-electron chi connectivity index (χ1n) is 37.7. The summed E-state index contributed by atoms with van der Waals surface area (Å²) in [5.41, 5.74) is 0. The van der Waals surface area contributed by atoms with E-state index in [4.69, 9.17) is 37.0 Å². The molecule has 0 saturated heterocycles. The molecule has 0 aromatic heterocycles. The fraction of sp³-hybridized carbons (Fsp3) is 0.630. The van der Waals surface area contributed by atoms with Crippen molar-refractivity contribution in [1.29, 1.82) is 0 Å². The number of unbranched alkanes of at least 4 members (excludes halogenated alkanes) is 19. The third-order valence-corrected chi connectivity index (χ3v) is 17.0. The van der Waals surface area contributed by atoms with Crippen molar-refractivity contribution in [2.45, 2.75) is 290 Å². The van der Waals surface area contributed by atoms with E-state index in [2.05, 4.69) is 137 Å². The summed E-state index contributed by atoms with van der Waals surface area (Å²) >= 11 is 0. The van der Waals surface area contributed by atoms with Gasteiger partial charge in [-0.05, 0) is 116 Å². The molecule has 0 amide bonds. The van der Waals surface area contributed by atoms with Crippen LogP contribution in [-0.4, -0.2) is 96.7 Å². The van der Waals surface area contributed by atoms with Crippen molar-refractivity contribution in [1.82, 2.24) is 0 Å². The molecule has 17 nitrogen and oxygen atoms in total. The van der Waals surface area contributed by atoms with Crippen LogP contribution in [-0.2, 0) is 65.4 Å². The van der Waals surface area contributed by atoms with Gasteiger partial charge in [-0.15, -0.1) is 0 Å². The Morgan fingerprint density at radius 1 is 0.300 bits per heavy atom. The lowest BCUT2D eigenvalue weighted by Gasteiger charge is -2.21. The Labute approximate surface area is 604 Å². The lowest BCUT2D eigenvalue weighted by atomic mass is 10.1. The number of hydrogen-bond donors (Lipinski definition) is 3. The molecule has 0 heterocycles. The zero-order valence-corrected chi connectivity index (χ0v) is 63.6. The Balaban J connectivity index is 5.46. The Kier molecular flexibility index (Phi) is 68.2. The van der Waals surface area contributed by atoms with Crippen LogP contribution in [0.2, 0.25) is 0 Å². The molecular formula is C81H132O17P2. The number of ether oxygens (including phenoxy) is 4. The third-order valence-electron chi connectivity index (χ3n) is 15.1. The Hall–Kier alpha value is -5.32. The molecule has 19 heteroatoms. The highest BCUT2D eigenvalue weighted by Gasteiger charge is 2.30. The van der Waals surface area contributed by atoms with Crippen LogP contribution in [0.4, 0.5) is 0 Å². The molecule has 0 radical (unpaired) electrons. The van der Waals surface area contributed by atoms with Crippen molar-refractivity contribution in [3.8, 4) is 0 Å². The molecule has 0 fully saturated rings. The lowest BCUT2D eigenvalue weighted by Crippen LogP contribution is -2.30. The predicted octanol–water partition coefficient (Wildman–Crippen LogP) is 21.7. The van der Waals surface area contributed by atoms with E-state index in [0.717, 1.165) is 135 Å². The summed E-state index contributed by atoms with van der Waals surface area (Å²) in [5.74, 6) is -2.50. The molecule has 568 valence electrons. The minimum absolute atomic E-state index is 0.0852. The van der Waals surface area contributed by atoms with Gasteiger partial charge in [-0.2, -0.15) is 0 Å². The van der Waals surface area contributed by atoms with Gasteiger partial charge in [0.15, 0.2) is 12.2 Å². The topological polar surface area (TPSA) is 237 Å². The fourth-order valence-corrected chi connectivity index (χ4v) is 11.0. The van der Waals surface area contributed by atoms with Gasteiger partial charge in [0.25, 0.3) is 0 Å². The SMILES string of the molecule is CC/C=C\C/C=C\C/C=C\C/C=C\C/C=C\CC(=O)OCC(COP(=O)(O)OCC(O)COP(=O)(O)OCC(COC(=O)CCCCCCCC/C=C\C/C=C\C/C=C\CCCCC)OC(=O)CCCCCCCCCCCCC)OC(=O)C/C=C\C/C=C\C/C=C\C/C=C\C/C=C\CC. The van der Waals surface area contributed by atoms with Gasteiger partial charge in [0.1, 0.15) is 19.3 Å². The van der Waals surface area contributed by atoms with Crippen molar-refractivity contribution in [2.75, 3.05) is 39.6 Å². The second-order valence-electron chi connectivity index (χ2n) is 24.5. The normalized spacial score (nSPS) is 14.8. The number of rotatable bonds is 69. The Morgan fingerprint density at radius 3 is 0.950 bits per heavy atom. The van der Waals surface area contributed by atoms with Gasteiger partial charge in [0.05, 0.1) is 39.3 Å². The highest BCUT2D eigenvalue weighted by atomic mass is 31.2. The Morgan fingerprint density at radius 2 is 0.570 bits per heavy atom. The van der Waals surface area contributed by atoms with Crippen LogP contribution in [0.3, 0.4) is 0 Å². The summed E-state index contributed by atoms with van der Waals surface area (Å²) in [7, 11) is -10.0. The molecule has 5 atom stereocenters. The number of carbonyl (C=O) groups excluding carboxylic acids is 4. The molecule has 0 aromatic carbocycles. The number of phosphoric ester groups is 2. The van der Waals surface area contributed by atoms with Gasteiger partial charge in [-0.3, -0.25) is 37.3 Å². The minimum Gasteiger partial charge on any atom is -0.462 e. The molecule has 3 N–H and O–H groups in total. The number of carbonyl (C=O) groups is 4. The third kappa shape index (κ3) is 71.1. The summed E-state index contributed by atoms with van der Waals surface area (Å²) in [6.45, 7) is 4.34. The molecule has 0 rings (SSSR count). The second kappa shape index (κ2) is 72.0. The summed E-state index contributed by atoms with van der Waals surface area (Å²) in [4.78, 5) is 72.7. The molecular weight excluding hydrogens is 1310 g/mol. The number of aliphatic hydroxyl groups excluding tert-OH is 1. The molecule has 0 spiro atoms. The highest BCUT2D eigenvalue weighted by molar-refractivity contribution is 7.47. The van der Waals surface area contributed by atoms with E-state index in [9.17, 15) is 43.2 Å². The maximum absolute atomic E-state index is 13.1. The molecule has 0 aliphatic rings. The standard InChI is InChI=1S/C81H132O17P2/c1-5-9-13-17-21-25-29-32-35-36-37-38-41-43-47-50-54-58-62-66-79(84)91-71-76(97-80(85)67-63-59-55-51-45-28-24-20-16-12-8-4)73-95-99(87,88)93-69-75(82)70-94-100(89,90)96-74-77(98-81(86)68-64-60-56-52-48-44-40-34-31-27-23-19-15-11-7-3)72-92-78(83)65-61-57-53-49-46-42-39-33-30-26-22-18-14-10-6-2/h10-11,14-15,21-23,25-27,32-35,37-40,46,48-49,52,57,60-61,64,75-77,82H,5-9,12-13,16-20,24,28-31,36,41-45,47,50-51,53-56,58-59,62-63,65-74H2,1-4H3,(H,87,88)(H,89,90)/b14-10-,15-11-,25-21-,26-22-,27-23-,35-32-,38-37-,39-33-,40-34-,49-46-,52-48-,61-57-,64-60-. The highest BCUT2D eigenvalue weighted by Crippen LogP contribution is 2.45. The van der Waals surface area contributed by atoms with Crippen LogP contribution in [0.25, 0.3) is 0 Å². The minimum atomic E-state index is -5.02. The van der Waals surface area contributed by atoms with Gasteiger partial charge in [-0.1, -0.05) is 288 Å². The van der Waals surface area contributed by atoms with Crippen molar-refractivity contribution >= 4 is 39.5 Å². The summed E-state index contributed by atoms with van der Waals surface area (Å²) < 4.78 is 68.1. The molecule has 0 saturated carbocycles. The van der Waals surface area contributed by atoms with E-state index in [0.29, 0.717) is 25.7 Å². The number of aliphatic hydroxyl groups is 1. The van der Waals surface area contributed by atoms with Gasteiger partial charge in [0.2, 0.25) is 0 Å². The maximum Gasteiger partial charge on any atom is 0.472 e. The maximum atomic E-state index is 13.1. The zero-order chi connectivity index (χ0) is 73.2. The molecule has 5 unspecified atom stereocenters. The lowest BCUT2D eigenvalue weighted by molar-refractivity contribution is -0.161. The average molecular weight is 1440 g/mol. The molecule has 0 bridgehead atoms. The molecule has 0 aromatic rings. The van der Waals surface area contributed by atoms with Crippen molar-refractivity contribution in [3.63, 3.8) is 0 Å². The first kappa shape index (κ1) is 94.7. The van der Waals surface area contributed by atoms with Crippen molar-refractivity contribution in [3.05, 3.63) is 158 Å². The smallest absolute Gasteiger partial charge is 0.462 e. The monoisotopic (exact) mass is 1440 g/mol. The van der Waals surface area contributed by atoms with E-state index in [1.807, 2.05) is 30.4 Å². The molecule has 100 heavy (non-hydrogen) atoms. The van der Waals surface area contributed by atoms with E-state index in [-0.39, 0.29) is 25.7 Å². The van der Waals surface area contributed by atoms with Crippen molar-refractivity contribution < 1.29 is 80.2 Å². The van der Waals surface area contributed by atoms with Crippen molar-refractivity contribution in [2.24, 2.45) is 0 Å². The number of esters is 4. The molecule has 0 aliphatic carbocycles. The summed E-state index contributed by atoms with van der Waals surface area (Å²) in [5, 5.41) is 10.6. The average Bonchev–Trinajstić information content (AvgIpc) is 0.966. The first-order chi connectivity index (χ1) is 48.7. The van der Waals surface area contributed by atoms with E-state index in [1.165, 1.54) is 57.8 Å². The van der Waals surface area contributed by atoms with Crippen LogP contribution >= 0.6 is 15.6 Å². The van der Waals surface area contributed by atoms with Crippen LogP contribution in [0.1, 0.15) is 272 Å². The van der Waals surface area contributed by atoms with Crippen LogP contribution < -0.4 is 0 Å². The number of hydrogen-bond acceptors (Lipinski definition) is 15.